The second-order valence-corrected chi connectivity index (χ2v) is 2.15. The van der Waals surface area contributed by atoms with Gasteiger partial charge in [-0.15, -0.1) is 0 Å². The molecule has 0 saturated carbocycles. The molecule has 0 saturated heterocycles. The molecule has 9 heavy (non-hydrogen) atoms. The fourth-order valence-electron chi connectivity index (χ4n) is 0.323. The zero-order valence-electron chi connectivity index (χ0n) is 5.26. The molecule has 3 heteroatoms. The zero-order valence-corrected chi connectivity index (χ0v) is 6.85. The molecule has 0 heterocycles. The van der Waals surface area contributed by atoms with E-state index in [9.17, 15) is 4.79 Å². The summed E-state index contributed by atoms with van der Waals surface area (Å²) in [7, 11) is 0. The van der Waals surface area contributed by atoms with Crippen LogP contribution in [-0.4, -0.2) is 17.9 Å². The highest BCUT2D eigenvalue weighted by atomic mass is 79.9. The average Bonchev–Trinajstić information content (AvgIpc) is 1.85. The van der Waals surface area contributed by atoms with Gasteiger partial charge in [-0.25, -0.2) is 4.79 Å². The standard InChI is InChI=1S/C6H9BrO2/c1-2-3-6(8)9-5-4-7/h2-3H,4-5H2,1H3/b3-2+. The Morgan fingerprint density at radius 2 is 2.44 bits per heavy atom. The first-order chi connectivity index (χ1) is 4.31. The van der Waals surface area contributed by atoms with Gasteiger partial charge in [-0.2, -0.15) is 0 Å². The van der Waals surface area contributed by atoms with Crippen LogP contribution in [0, 0.1) is 0 Å². The molecule has 0 aliphatic rings. The van der Waals surface area contributed by atoms with E-state index >= 15 is 0 Å². The van der Waals surface area contributed by atoms with Gasteiger partial charge >= 0.3 is 5.97 Å². The minimum atomic E-state index is -0.281. The summed E-state index contributed by atoms with van der Waals surface area (Å²) >= 11 is 3.13. The third kappa shape index (κ3) is 5.56. The number of halogens is 1. The summed E-state index contributed by atoms with van der Waals surface area (Å²) in [5, 5.41) is 0.691. The Hall–Kier alpha value is -0.310. The Morgan fingerprint density at radius 3 is 2.89 bits per heavy atom. The van der Waals surface area contributed by atoms with Crippen LogP contribution in [0.25, 0.3) is 0 Å². The lowest BCUT2D eigenvalue weighted by Gasteiger charge is -1.94. The van der Waals surface area contributed by atoms with Crippen molar-refractivity contribution in [3.63, 3.8) is 0 Å². The normalized spacial score (nSPS) is 10.0. The Balaban J connectivity index is 3.27. The van der Waals surface area contributed by atoms with Crippen LogP contribution >= 0.6 is 15.9 Å². The number of hydrogen-bond acceptors (Lipinski definition) is 2. The van der Waals surface area contributed by atoms with Crippen LogP contribution < -0.4 is 0 Å². The Labute approximate surface area is 63.0 Å². The lowest BCUT2D eigenvalue weighted by atomic mass is 10.5. The maximum atomic E-state index is 10.5. The van der Waals surface area contributed by atoms with Crippen molar-refractivity contribution >= 4 is 21.9 Å². The molecule has 0 aromatic heterocycles. The molecule has 0 aliphatic carbocycles. The summed E-state index contributed by atoms with van der Waals surface area (Å²) in [6.45, 7) is 2.21. The van der Waals surface area contributed by atoms with Crippen LogP contribution in [0.4, 0.5) is 0 Å². The van der Waals surface area contributed by atoms with Gasteiger partial charge in [-0.05, 0) is 6.92 Å². The summed E-state index contributed by atoms with van der Waals surface area (Å²) in [4.78, 5) is 10.5. The predicted molar refractivity (Wildman–Crippen MR) is 39.6 cm³/mol. The van der Waals surface area contributed by atoms with Gasteiger partial charge in [-0.3, -0.25) is 0 Å². The first-order valence-electron chi connectivity index (χ1n) is 2.66. The summed E-state index contributed by atoms with van der Waals surface area (Å²) in [6.07, 6.45) is 3.04. The number of rotatable bonds is 3. The van der Waals surface area contributed by atoms with Gasteiger partial charge in [0.05, 0.1) is 0 Å². The topological polar surface area (TPSA) is 26.3 Å². The van der Waals surface area contributed by atoms with Crippen LogP contribution in [0.3, 0.4) is 0 Å². The Bertz CT molecular complexity index is 110. The van der Waals surface area contributed by atoms with Gasteiger partial charge in [0.15, 0.2) is 0 Å². The number of carbonyl (C=O) groups is 1. The Kier molecular flexibility index (Phi) is 5.62. The molecule has 0 aliphatic heterocycles. The number of esters is 1. The third-order valence-corrected chi connectivity index (χ3v) is 0.948. The number of carbonyl (C=O) groups excluding carboxylic acids is 1. The summed E-state index contributed by atoms with van der Waals surface area (Å²) in [5.41, 5.74) is 0. The van der Waals surface area contributed by atoms with E-state index in [0.29, 0.717) is 11.9 Å². The second-order valence-electron chi connectivity index (χ2n) is 1.36. The van der Waals surface area contributed by atoms with E-state index in [2.05, 4.69) is 20.7 Å². The lowest BCUT2D eigenvalue weighted by molar-refractivity contribution is -0.137. The molecule has 0 unspecified atom stereocenters. The lowest BCUT2D eigenvalue weighted by Crippen LogP contribution is -2.02. The maximum Gasteiger partial charge on any atom is 0.330 e. The monoisotopic (exact) mass is 192 g/mol. The van der Waals surface area contributed by atoms with Crippen molar-refractivity contribution in [3.05, 3.63) is 12.2 Å². The summed E-state index contributed by atoms with van der Waals surface area (Å²) in [6, 6.07) is 0. The minimum absolute atomic E-state index is 0.281. The molecule has 0 aromatic rings. The van der Waals surface area contributed by atoms with Crippen molar-refractivity contribution in [3.8, 4) is 0 Å². The van der Waals surface area contributed by atoms with Gasteiger partial charge in [0.1, 0.15) is 6.61 Å². The van der Waals surface area contributed by atoms with Crippen molar-refractivity contribution in [2.45, 2.75) is 6.92 Å². The highest BCUT2D eigenvalue weighted by Crippen LogP contribution is 1.84. The number of allylic oxidation sites excluding steroid dienone is 1. The van der Waals surface area contributed by atoms with Crippen molar-refractivity contribution in [2.24, 2.45) is 0 Å². The molecular weight excluding hydrogens is 184 g/mol. The van der Waals surface area contributed by atoms with E-state index in [1.807, 2.05) is 0 Å². The van der Waals surface area contributed by atoms with Gasteiger partial charge in [-0.1, -0.05) is 22.0 Å². The van der Waals surface area contributed by atoms with Crippen LogP contribution in [-0.2, 0) is 9.53 Å². The molecule has 0 amide bonds. The first-order valence-corrected chi connectivity index (χ1v) is 3.79. The molecule has 0 radical (unpaired) electrons. The maximum absolute atomic E-state index is 10.5. The van der Waals surface area contributed by atoms with E-state index < -0.39 is 0 Å². The highest BCUT2D eigenvalue weighted by molar-refractivity contribution is 9.09. The number of alkyl halides is 1. The molecule has 0 rings (SSSR count). The van der Waals surface area contributed by atoms with Gasteiger partial charge in [0.25, 0.3) is 0 Å². The van der Waals surface area contributed by atoms with E-state index in [-0.39, 0.29) is 5.97 Å². The number of hydrogen-bond donors (Lipinski definition) is 0. The van der Waals surface area contributed by atoms with Crippen molar-refractivity contribution in [1.29, 1.82) is 0 Å². The first kappa shape index (κ1) is 8.69. The SMILES string of the molecule is C/C=C/C(=O)OCCBr. The quantitative estimate of drug-likeness (QED) is 0.385. The second kappa shape index (κ2) is 5.82. The van der Waals surface area contributed by atoms with Crippen LogP contribution in [0.2, 0.25) is 0 Å². The van der Waals surface area contributed by atoms with E-state index in [0.717, 1.165) is 0 Å². The predicted octanol–water partition coefficient (Wildman–Crippen LogP) is 1.50. The van der Waals surface area contributed by atoms with Gasteiger partial charge < -0.3 is 4.74 Å². The zero-order chi connectivity index (χ0) is 7.11. The van der Waals surface area contributed by atoms with Gasteiger partial charge in [0, 0.05) is 11.4 Å². The van der Waals surface area contributed by atoms with Crippen molar-refractivity contribution in [2.75, 3.05) is 11.9 Å². The van der Waals surface area contributed by atoms with Crippen LogP contribution in [0.5, 0.6) is 0 Å². The minimum Gasteiger partial charge on any atom is -0.462 e. The molecule has 0 atom stereocenters. The largest absolute Gasteiger partial charge is 0.462 e. The molecule has 0 bridgehead atoms. The van der Waals surface area contributed by atoms with E-state index in [1.54, 1.807) is 13.0 Å². The molecule has 0 aromatic carbocycles. The fourth-order valence-corrected chi connectivity index (χ4v) is 0.485. The number of ether oxygens (including phenoxy) is 1. The molecular formula is C6H9BrO2. The van der Waals surface area contributed by atoms with Gasteiger partial charge in [0.2, 0.25) is 0 Å². The fraction of sp³-hybridized carbons (Fsp3) is 0.500. The van der Waals surface area contributed by atoms with E-state index in [4.69, 9.17) is 0 Å². The van der Waals surface area contributed by atoms with Crippen LogP contribution in [0.15, 0.2) is 12.2 Å². The Morgan fingerprint density at radius 1 is 1.78 bits per heavy atom. The summed E-state index contributed by atoms with van der Waals surface area (Å²) < 4.78 is 4.66. The molecule has 0 fully saturated rings. The van der Waals surface area contributed by atoms with Crippen molar-refractivity contribution < 1.29 is 9.53 Å². The van der Waals surface area contributed by atoms with E-state index in [1.165, 1.54) is 6.08 Å². The smallest absolute Gasteiger partial charge is 0.330 e. The third-order valence-electron chi connectivity index (χ3n) is 0.624. The molecule has 0 N–H and O–H groups in total. The molecule has 0 spiro atoms. The van der Waals surface area contributed by atoms with Crippen LogP contribution in [0.1, 0.15) is 6.92 Å². The molecule has 52 valence electrons. The molecule has 2 nitrogen and oxygen atoms in total. The summed E-state index contributed by atoms with van der Waals surface area (Å²) in [5.74, 6) is -0.281. The average molecular weight is 193 g/mol. The van der Waals surface area contributed by atoms with Crippen molar-refractivity contribution in [1.82, 2.24) is 0 Å². The highest BCUT2D eigenvalue weighted by Gasteiger charge is 1.91.